The molecule has 3 heterocycles. The maximum absolute atomic E-state index is 11.8. The second-order valence-corrected chi connectivity index (χ2v) is 7.46. The maximum Gasteiger partial charge on any atom is 0.248 e. The fourth-order valence-corrected chi connectivity index (χ4v) is 4.02. The first-order valence-electron chi connectivity index (χ1n) is 9.74. The lowest BCUT2D eigenvalue weighted by Gasteiger charge is -2.36. The Bertz CT molecular complexity index is 616. The van der Waals surface area contributed by atoms with Crippen LogP contribution in [0, 0.1) is 5.92 Å². The average molecular weight is 360 g/mol. The van der Waals surface area contributed by atoms with Crippen molar-refractivity contribution < 1.29 is 19.0 Å². The van der Waals surface area contributed by atoms with Gasteiger partial charge in [-0.1, -0.05) is 12.1 Å². The highest BCUT2D eigenvalue weighted by Gasteiger charge is 2.27. The molecular formula is C20H28N2O4. The highest BCUT2D eigenvalue weighted by atomic mass is 16.6. The van der Waals surface area contributed by atoms with E-state index >= 15 is 0 Å². The van der Waals surface area contributed by atoms with E-state index in [-0.39, 0.29) is 18.6 Å². The summed E-state index contributed by atoms with van der Waals surface area (Å²) >= 11 is 0. The summed E-state index contributed by atoms with van der Waals surface area (Å²) in [7, 11) is 0. The van der Waals surface area contributed by atoms with Crippen LogP contribution in [0.4, 0.5) is 0 Å². The van der Waals surface area contributed by atoms with Gasteiger partial charge >= 0.3 is 0 Å². The Morgan fingerprint density at radius 2 is 1.88 bits per heavy atom. The standard InChI is InChI=1S/C20H28N2O4/c23-20-15-24-12-11-22(20)10-7-16-5-8-21(9-6-16)13-17-14-25-18-3-1-2-4-19(18)26-17/h1-4,16-17H,5-15H2. The number of likely N-dealkylation sites (tertiary alicyclic amines) is 1. The largest absolute Gasteiger partial charge is 0.486 e. The van der Waals surface area contributed by atoms with Crippen molar-refractivity contribution in [3.63, 3.8) is 0 Å². The van der Waals surface area contributed by atoms with E-state index < -0.39 is 0 Å². The lowest BCUT2D eigenvalue weighted by atomic mass is 9.93. The van der Waals surface area contributed by atoms with Gasteiger partial charge < -0.3 is 19.1 Å². The van der Waals surface area contributed by atoms with Crippen molar-refractivity contribution in [3.8, 4) is 11.5 Å². The number of piperidine rings is 1. The van der Waals surface area contributed by atoms with Crippen LogP contribution in [0.1, 0.15) is 19.3 Å². The van der Waals surface area contributed by atoms with Gasteiger partial charge in [0.05, 0.1) is 6.61 Å². The van der Waals surface area contributed by atoms with Gasteiger partial charge in [-0.2, -0.15) is 0 Å². The Kier molecular flexibility index (Phi) is 5.60. The molecule has 0 radical (unpaired) electrons. The average Bonchev–Trinajstić information content (AvgIpc) is 2.68. The van der Waals surface area contributed by atoms with Gasteiger partial charge in [-0.25, -0.2) is 0 Å². The van der Waals surface area contributed by atoms with E-state index in [1.165, 1.54) is 12.8 Å². The zero-order valence-electron chi connectivity index (χ0n) is 15.3. The van der Waals surface area contributed by atoms with Gasteiger partial charge in [0.15, 0.2) is 11.5 Å². The number of hydrogen-bond acceptors (Lipinski definition) is 5. The molecule has 0 aliphatic carbocycles. The van der Waals surface area contributed by atoms with Crippen LogP contribution in [0.15, 0.2) is 24.3 Å². The summed E-state index contributed by atoms with van der Waals surface area (Å²) in [4.78, 5) is 16.2. The zero-order chi connectivity index (χ0) is 17.8. The Morgan fingerprint density at radius 3 is 2.69 bits per heavy atom. The van der Waals surface area contributed by atoms with E-state index in [1.54, 1.807) is 0 Å². The fourth-order valence-electron chi connectivity index (χ4n) is 4.02. The Balaban J connectivity index is 1.18. The summed E-state index contributed by atoms with van der Waals surface area (Å²) in [5.74, 6) is 2.56. The van der Waals surface area contributed by atoms with Crippen molar-refractivity contribution >= 4 is 5.91 Å². The number of benzene rings is 1. The van der Waals surface area contributed by atoms with E-state index in [0.29, 0.717) is 19.1 Å². The lowest BCUT2D eigenvalue weighted by molar-refractivity contribution is -0.142. The summed E-state index contributed by atoms with van der Waals surface area (Å²) in [6, 6.07) is 7.88. The first kappa shape index (κ1) is 17.6. The number of amides is 1. The highest BCUT2D eigenvalue weighted by molar-refractivity contribution is 5.77. The number of rotatable bonds is 5. The molecule has 0 saturated carbocycles. The smallest absolute Gasteiger partial charge is 0.248 e. The van der Waals surface area contributed by atoms with Crippen LogP contribution < -0.4 is 9.47 Å². The molecule has 1 aromatic rings. The summed E-state index contributed by atoms with van der Waals surface area (Å²) in [6.07, 6.45) is 3.61. The molecule has 0 aromatic heterocycles. The van der Waals surface area contributed by atoms with E-state index in [0.717, 1.165) is 50.6 Å². The third-order valence-electron chi connectivity index (χ3n) is 5.63. The van der Waals surface area contributed by atoms with Crippen LogP contribution >= 0.6 is 0 Å². The number of para-hydroxylation sites is 2. The second kappa shape index (κ2) is 8.27. The molecule has 6 nitrogen and oxygen atoms in total. The van der Waals surface area contributed by atoms with Crippen LogP contribution in [0.5, 0.6) is 11.5 Å². The van der Waals surface area contributed by atoms with Gasteiger partial charge in [0.25, 0.3) is 0 Å². The number of morpholine rings is 1. The Hall–Kier alpha value is -1.79. The topological polar surface area (TPSA) is 51.2 Å². The van der Waals surface area contributed by atoms with E-state index in [2.05, 4.69) is 4.90 Å². The molecule has 2 saturated heterocycles. The SMILES string of the molecule is O=C1COCCN1CCC1CCN(CC2COc3ccccc3O2)CC1. The molecule has 1 aromatic carbocycles. The molecule has 6 heteroatoms. The normalized spacial score (nSPS) is 24.7. The van der Waals surface area contributed by atoms with Crippen molar-refractivity contribution in [2.45, 2.75) is 25.4 Å². The van der Waals surface area contributed by atoms with Gasteiger partial charge in [-0.15, -0.1) is 0 Å². The molecule has 0 bridgehead atoms. The second-order valence-electron chi connectivity index (χ2n) is 7.46. The maximum atomic E-state index is 11.8. The molecule has 0 spiro atoms. The van der Waals surface area contributed by atoms with Crippen LogP contribution in [0.3, 0.4) is 0 Å². The first-order chi connectivity index (χ1) is 12.8. The molecule has 1 amide bonds. The number of carbonyl (C=O) groups excluding carboxylic acids is 1. The van der Waals surface area contributed by atoms with Gasteiger partial charge in [0.1, 0.15) is 19.3 Å². The summed E-state index contributed by atoms with van der Waals surface area (Å²) in [6.45, 7) is 6.30. The van der Waals surface area contributed by atoms with Crippen molar-refractivity contribution in [2.24, 2.45) is 5.92 Å². The van der Waals surface area contributed by atoms with Gasteiger partial charge in [-0.3, -0.25) is 9.69 Å². The minimum Gasteiger partial charge on any atom is -0.486 e. The van der Waals surface area contributed by atoms with Crippen LogP contribution in [0.2, 0.25) is 0 Å². The van der Waals surface area contributed by atoms with E-state index in [4.69, 9.17) is 14.2 Å². The Labute approximate surface area is 155 Å². The first-order valence-corrected chi connectivity index (χ1v) is 9.74. The van der Waals surface area contributed by atoms with Crippen molar-refractivity contribution in [1.29, 1.82) is 0 Å². The van der Waals surface area contributed by atoms with Crippen LogP contribution in [0.25, 0.3) is 0 Å². The summed E-state index contributed by atoms with van der Waals surface area (Å²) < 4.78 is 17.1. The minimum atomic E-state index is 0.104. The molecule has 2 fully saturated rings. The van der Waals surface area contributed by atoms with Gasteiger partial charge in [-0.05, 0) is 50.4 Å². The number of nitrogens with zero attached hydrogens (tertiary/aromatic N) is 2. The third kappa shape index (κ3) is 4.30. The molecule has 4 rings (SSSR count). The fraction of sp³-hybridized carbons (Fsp3) is 0.650. The molecule has 1 atom stereocenters. The third-order valence-corrected chi connectivity index (χ3v) is 5.63. The molecule has 142 valence electrons. The predicted octanol–water partition coefficient (Wildman–Crippen LogP) is 1.79. The van der Waals surface area contributed by atoms with Crippen molar-refractivity contribution in [1.82, 2.24) is 9.80 Å². The monoisotopic (exact) mass is 360 g/mol. The molecular weight excluding hydrogens is 332 g/mol. The van der Waals surface area contributed by atoms with Crippen LogP contribution in [-0.2, 0) is 9.53 Å². The van der Waals surface area contributed by atoms with Crippen LogP contribution in [-0.4, -0.2) is 74.4 Å². The Morgan fingerprint density at radius 1 is 1.08 bits per heavy atom. The molecule has 1 unspecified atom stereocenters. The molecule has 0 N–H and O–H groups in total. The predicted molar refractivity (Wildman–Crippen MR) is 97.5 cm³/mol. The van der Waals surface area contributed by atoms with Crippen molar-refractivity contribution in [2.75, 3.05) is 52.5 Å². The van der Waals surface area contributed by atoms with E-state index in [1.807, 2.05) is 29.2 Å². The molecule has 3 aliphatic rings. The molecule has 26 heavy (non-hydrogen) atoms. The molecule has 3 aliphatic heterocycles. The highest BCUT2D eigenvalue weighted by Crippen LogP contribution is 2.31. The van der Waals surface area contributed by atoms with E-state index in [9.17, 15) is 4.79 Å². The number of ether oxygens (including phenoxy) is 3. The summed E-state index contributed by atoms with van der Waals surface area (Å²) in [5.41, 5.74) is 0. The van der Waals surface area contributed by atoms with Crippen molar-refractivity contribution in [3.05, 3.63) is 24.3 Å². The lowest BCUT2D eigenvalue weighted by Crippen LogP contribution is -2.45. The minimum absolute atomic E-state index is 0.104. The number of carbonyl (C=O) groups is 1. The van der Waals surface area contributed by atoms with Gasteiger partial charge in [0, 0.05) is 19.6 Å². The quantitative estimate of drug-likeness (QED) is 0.801. The summed E-state index contributed by atoms with van der Waals surface area (Å²) in [5, 5.41) is 0. The zero-order valence-corrected chi connectivity index (χ0v) is 15.3. The van der Waals surface area contributed by atoms with Gasteiger partial charge in [0.2, 0.25) is 5.91 Å². The number of hydrogen-bond donors (Lipinski definition) is 0. The number of fused-ring (bicyclic) bond motifs is 1.